The minimum Gasteiger partial charge on any atom is -0.486 e. The Morgan fingerprint density at radius 1 is 1.03 bits per heavy atom. The van der Waals surface area contributed by atoms with E-state index < -0.39 is 0 Å². The minimum absolute atomic E-state index is 0.253. The lowest BCUT2D eigenvalue weighted by atomic mass is 10.1. The molecular formula is C23H23BrN2O4. The first-order valence-corrected chi connectivity index (χ1v) is 10.6. The normalized spacial score (nSPS) is 14.4. The van der Waals surface area contributed by atoms with Gasteiger partial charge in [0.15, 0.2) is 5.76 Å². The summed E-state index contributed by atoms with van der Waals surface area (Å²) in [6, 6.07) is 18.8. The molecule has 1 aliphatic rings. The number of benzene rings is 2. The van der Waals surface area contributed by atoms with Crippen LogP contribution in [0, 0.1) is 0 Å². The summed E-state index contributed by atoms with van der Waals surface area (Å²) in [4.78, 5) is 15.0. The predicted molar refractivity (Wildman–Crippen MR) is 118 cm³/mol. The monoisotopic (exact) mass is 470 g/mol. The molecule has 7 heteroatoms. The van der Waals surface area contributed by atoms with E-state index in [2.05, 4.69) is 26.1 Å². The van der Waals surface area contributed by atoms with Crippen LogP contribution in [0.25, 0.3) is 0 Å². The van der Waals surface area contributed by atoms with Crippen LogP contribution in [0.3, 0.4) is 0 Å². The number of amides is 1. The van der Waals surface area contributed by atoms with Gasteiger partial charge in [-0.25, -0.2) is 0 Å². The van der Waals surface area contributed by atoms with Crippen LogP contribution >= 0.6 is 15.9 Å². The van der Waals surface area contributed by atoms with Gasteiger partial charge in [-0.15, -0.1) is 0 Å². The molecule has 1 N–H and O–H groups in total. The number of carbonyl (C=O) groups is 1. The fraction of sp³-hybridized carbons (Fsp3) is 0.261. The number of nitrogens with zero attached hydrogens (tertiary/aromatic N) is 1. The van der Waals surface area contributed by atoms with E-state index in [-0.39, 0.29) is 18.3 Å². The third-order valence-electron chi connectivity index (χ3n) is 4.84. The van der Waals surface area contributed by atoms with Crippen LogP contribution in [-0.4, -0.2) is 37.1 Å². The molecule has 0 saturated carbocycles. The van der Waals surface area contributed by atoms with E-state index in [1.807, 2.05) is 48.5 Å². The number of hydrogen-bond acceptors (Lipinski definition) is 5. The fourth-order valence-electron chi connectivity index (χ4n) is 3.23. The summed E-state index contributed by atoms with van der Waals surface area (Å²) >= 11 is 3.39. The number of rotatable bonds is 7. The SMILES string of the molecule is O=C(Nc1ccccc1CN1CCOCC1)c1ccc(COc2ccc(Br)cc2)o1. The number of para-hydroxylation sites is 1. The fourth-order valence-corrected chi connectivity index (χ4v) is 3.49. The van der Waals surface area contributed by atoms with E-state index in [0.29, 0.717) is 5.76 Å². The summed E-state index contributed by atoms with van der Waals surface area (Å²) in [5.74, 6) is 1.30. The Morgan fingerprint density at radius 2 is 1.80 bits per heavy atom. The third kappa shape index (κ3) is 5.50. The quantitative estimate of drug-likeness (QED) is 0.541. The minimum atomic E-state index is -0.278. The average molecular weight is 471 g/mol. The van der Waals surface area contributed by atoms with E-state index >= 15 is 0 Å². The Hall–Kier alpha value is -2.61. The van der Waals surface area contributed by atoms with Crippen molar-refractivity contribution in [3.8, 4) is 5.75 Å². The summed E-state index contributed by atoms with van der Waals surface area (Å²) in [5, 5.41) is 2.97. The zero-order valence-electron chi connectivity index (χ0n) is 16.5. The second kappa shape index (κ2) is 9.93. The Morgan fingerprint density at radius 3 is 2.60 bits per heavy atom. The largest absolute Gasteiger partial charge is 0.486 e. The van der Waals surface area contributed by atoms with Gasteiger partial charge in [-0.3, -0.25) is 9.69 Å². The first-order valence-electron chi connectivity index (χ1n) is 9.84. The van der Waals surface area contributed by atoms with Gasteiger partial charge in [-0.2, -0.15) is 0 Å². The molecule has 0 radical (unpaired) electrons. The Kier molecular flexibility index (Phi) is 6.84. The molecule has 2 heterocycles. The van der Waals surface area contributed by atoms with Crippen molar-refractivity contribution in [2.24, 2.45) is 0 Å². The molecule has 0 spiro atoms. The number of ether oxygens (including phenoxy) is 2. The Bertz CT molecular complexity index is 981. The highest BCUT2D eigenvalue weighted by Gasteiger charge is 2.16. The van der Waals surface area contributed by atoms with Crippen molar-refractivity contribution in [1.82, 2.24) is 4.90 Å². The van der Waals surface area contributed by atoms with Crippen molar-refractivity contribution in [2.75, 3.05) is 31.6 Å². The highest BCUT2D eigenvalue weighted by Crippen LogP contribution is 2.21. The molecule has 0 aliphatic carbocycles. The van der Waals surface area contributed by atoms with Crippen molar-refractivity contribution in [2.45, 2.75) is 13.2 Å². The average Bonchev–Trinajstić information content (AvgIpc) is 3.25. The molecule has 2 aromatic carbocycles. The van der Waals surface area contributed by atoms with Crippen LogP contribution in [0.2, 0.25) is 0 Å². The van der Waals surface area contributed by atoms with Gasteiger partial charge in [0, 0.05) is 29.8 Å². The molecule has 0 atom stereocenters. The molecule has 0 bridgehead atoms. The molecule has 156 valence electrons. The molecule has 1 amide bonds. The van der Waals surface area contributed by atoms with Gasteiger partial charge in [0.25, 0.3) is 5.91 Å². The summed E-state index contributed by atoms with van der Waals surface area (Å²) in [7, 11) is 0. The van der Waals surface area contributed by atoms with Gasteiger partial charge in [0.1, 0.15) is 18.1 Å². The first kappa shape index (κ1) is 20.7. The number of morpholine rings is 1. The van der Waals surface area contributed by atoms with E-state index in [1.54, 1.807) is 12.1 Å². The third-order valence-corrected chi connectivity index (χ3v) is 5.37. The van der Waals surface area contributed by atoms with Crippen molar-refractivity contribution < 1.29 is 18.7 Å². The lowest BCUT2D eigenvalue weighted by molar-refractivity contribution is 0.0342. The van der Waals surface area contributed by atoms with Crippen LogP contribution in [0.15, 0.2) is 69.6 Å². The van der Waals surface area contributed by atoms with Crippen LogP contribution in [0.5, 0.6) is 5.75 Å². The molecule has 1 aliphatic heterocycles. The van der Waals surface area contributed by atoms with E-state index in [0.717, 1.165) is 54.3 Å². The molecular weight excluding hydrogens is 448 g/mol. The second-order valence-corrected chi connectivity index (χ2v) is 7.92. The van der Waals surface area contributed by atoms with Crippen LogP contribution in [0.1, 0.15) is 21.9 Å². The zero-order valence-corrected chi connectivity index (χ0v) is 18.1. The molecule has 4 rings (SSSR count). The number of hydrogen-bond donors (Lipinski definition) is 1. The molecule has 30 heavy (non-hydrogen) atoms. The molecule has 0 unspecified atom stereocenters. The van der Waals surface area contributed by atoms with Gasteiger partial charge in [-0.05, 0) is 48.0 Å². The summed E-state index contributed by atoms with van der Waals surface area (Å²) < 4.78 is 17.8. The maximum absolute atomic E-state index is 12.7. The van der Waals surface area contributed by atoms with E-state index in [4.69, 9.17) is 13.9 Å². The molecule has 1 aromatic heterocycles. The van der Waals surface area contributed by atoms with Crippen LogP contribution < -0.4 is 10.1 Å². The van der Waals surface area contributed by atoms with Crippen molar-refractivity contribution in [1.29, 1.82) is 0 Å². The van der Waals surface area contributed by atoms with Gasteiger partial charge in [0.05, 0.1) is 13.2 Å². The van der Waals surface area contributed by atoms with Gasteiger partial charge in [0.2, 0.25) is 0 Å². The van der Waals surface area contributed by atoms with Crippen molar-refractivity contribution in [3.05, 3.63) is 82.2 Å². The van der Waals surface area contributed by atoms with Crippen molar-refractivity contribution in [3.63, 3.8) is 0 Å². The molecule has 3 aromatic rings. The van der Waals surface area contributed by atoms with E-state index in [1.165, 1.54) is 0 Å². The maximum Gasteiger partial charge on any atom is 0.291 e. The van der Waals surface area contributed by atoms with Crippen LogP contribution in [-0.2, 0) is 17.9 Å². The lowest BCUT2D eigenvalue weighted by Gasteiger charge is -2.27. The summed E-state index contributed by atoms with van der Waals surface area (Å²) in [6.07, 6.45) is 0. The highest BCUT2D eigenvalue weighted by atomic mass is 79.9. The van der Waals surface area contributed by atoms with Gasteiger partial charge < -0.3 is 19.2 Å². The lowest BCUT2D eigenvalue weighted by Crippen LogP contribution is -2.35. The van der Waals surface area contributed by atoms with Crippen molar-refractivity contribution >= 4 is 27.5 Å². The second-order valence-electron chi connectivity index (χ2n) is 7.01. The summed E-state index contributed by atoms with van der Waals surface area (Å²) in [6.45, 7) is 4.29. The highest BCUT2D eigenvalue weighted by molar-refractivity contribution is 9.10. The molecule has 6 nitrogen and oxygen atoms in total. The zero-order chi connectivity index (χ0) is 20.8. The standard InChI is InChI=1S/C23H23BrN2O4/c24-18-5-7-19(8-6-18)29-16-20-9-10-22(30-20)23(27)25-21-4-2-1-3-17(21)15-26-11-13-28-14-12-26/h1-10H,11-16H2,(H,25,27). The van der Waals surface area contributed by atoms with Crippen LogP contribution in [0.4, 0.5) is 5.69 Å². The molecule has 1 saturated heterocycles. The number of anilines is 1. The van der Waals surface area contributed by atoms with Gasteiger partial charge >= 0.3 is 0 Å². The Balaban J connectivity index is 1.37. The number of halogens is 1. The summed E-state index contributed by atoms with van der Waals surface area (Å²) in [5.41, 5.74) is 1.86. The molecule has 1 fully saturated rings. The smallest absolute Gasteiger partial charge is 0.291 e. The maximum atomic E-state index is 12.7. The Labute approximate surface area is 183 Å². The number of carbonyl (C=O) groups excluding carboxylic acids is 1. The topological polar surface area (TPSA) is 63.9 Å². The number of nitrogens with one attached hydrogen (secondary N) is 1. The van der Waals surface area contributed by atoms with Gasteiger partial charge in [-0.1, -0.05) is 34.1 Å². The predicted octanol–water partition coefficient (Wildman–Crippen LogP) is 4.71. The number of furan rings is 1. The first-order chi connectivity index (χ1) is 14.7. The van der Waals surface area contributed by atoms with E-state index in [9.17, 15) is 4.79 Å².